The van der Waals surface area contributed by atoms with Crippen LogP contribution in [0.2, 0.25) is 0 Å². The summed E-state index contributed by atoms with van der Waals surface area (Å²) in [5.74, 6) is 5.20. The van der Waals surface area contributed by atoms with E-state index in [2.05, 4.69) is 31.9 Å². The Balaban J connectivity index is 1.59. The molecule has 0 unspecified atom stereocenters. The summed E-state index contributed by atoms with van der Waals surface area (Å²) in [4.78, 5) is 21.2. The molecule has 0 aliphatic heterocycles. The molecule has 9 heteroatoms. The predicted molar refractivity (Wildman–Crippen MR) is 112 cm³/mol. The van der Waals surface area contributed by atoms with Crippen LogP contribution in [-0.2, 0) is 7.05 Å². The fourth-order valence-electron chi connectivity index (χ4n) is 3.04. The molecule has 0 spiro atoms. The van der Waals surface area contributed by atoms with E-state index in [-0.39, 0.29) is 5.75 Å². The van der Waals surface area contributed by atoms with Crippen molar-refractivity contribution in [2.45, 2.75) is 6.36 Å². The van der Waals surface area contributed by atoms with Gasteiger partial charge in [0.2, 0.25) is 0 Å². The average molecular weight is 436 g/mol. The molecule has 0 aliphatic rings. The van der Waals surface area contributed by atoms with Gasteiger partial charge >= 0.3 is 6.36 Å². The summed E-state index contributed by atoms with van der Waals surface area (Å²) in [7, 11) is 1.68. The van der Waals surface area contributed by atoms with Crippen molar-refractivity contribution in [3.8, 4) is 17.6 Å². The van der Waals surface area contributed by atoms with Crippen molar-refractivity contribution in [2.24, 2.45) is 7.05 Å². The number of benzene rings is 2. The lowest BCUT2D eigenvalue weighted by atomic mass is 10.2. The summed E-state index contributed by atoms with van der Waals surface area (Å²) < 4.78 is 42.3. The number of halogens is 3. The van der Waals surface area contributed by atoms with Crippen LogP contribution in [0, 0.1) is 11.8 Å². The highest BCUT2D eigenvalue weighted by atomic mass is 19.4. The van der Waals surface area contributed by atoms with Crippen molar-refractivity contribution in [1.29, 1.82) is 0 Å². The van der Waals surface area contributed by atoms with Crippen molar-refractivity contribution in [1.82, 2.24) is 14.5 Å². The van der Waals surface area contributed by atoms with Gasteiger partial charge in [-0.3, -0.25) is 4.79 Å². The lowest BCUT2D eigenvalue weighted by Gasteiger charge is -2.10. The predicted octanol–water partition coefficient (Wildman–Crippen LogP) is 4.52. The molecule has 0 bridgehead atoms. The first-order valence-corrected chi connectivity index (χ1v) is 9.35. The molecule has 0 radical (unpaired) electrons. The molecule has 6 nitrogen and oxygen atoms in total. The fourth-order valence-corrected chi connectivity index (χ4v) is 3.04. The van der Waals surface area contributed by atoms with Crippen LogP contribution in [0.3, 0.4) is 0 Å². The van der Waals surface area contributed by atoms with E-state index in [0.717, 1.165) is 17.7 Å². The molecular weight excluding hydrogens is 421 g/mol. The van der Waals surface area contributed by atoms with Crippen LogP contribution >= 0.6 is 0 Å². The fraction of sp³-hybridized carbons (Fsp3) is 0.0870. The van der Waals surface area contributed by atoms with Gasteiger partial charge in [-0.25, -0.2) is 9.97 Å². The summed E-state index contributed by atoms with van der Waals surface area (Å²) in [6, 6.07) is 15.9. The molecule has 2 aromatic heterocycles. The molecular formula is C23H15F3N4O2. The van der Waals surface area contributed by atoms with Crippen LogP contribution in [0.15, 0.2) is 67.0 Å². The van der Waals surface area contributed by atoms with Crippen LogP contribution in [-0.4, -0.2) is 26.8 Å². The highest BCUT2D eigenvalue weighted by molar-refractivity contribution is 6.06. The second kappa shape index (κ2) is 8.43. The number of nitrogens with zero attached hydrogens (tertiary/aromatic N) is 3. The molecule has 4 aromatic rings. The number of fused-ring (bicyclic) bond motifs is 1. The van der Waals surface area contributed by atoms with Gasteiger partial charge in [-0.2, -0.15) is 0 Å². The molecule has 0 aliphatic carbocycles. The van der Waals surface area contributed by atoms with Gasteiger partial charge in [0.05, 0.1) is 5.39 Å². The molecule has 1 amide bonds. The summed E-state index contributed by atoms with van der Waals surface area (Å²) >= 11 is 0. The third kappa shape index (κ3) is 4.70. The Bertz CT molecular complexity index is 1340. The van der Waals surface area contributed by atoms with E-state index in [9.17, 15) is 18.0 Å². The number of hydrogen-bond donors (Lipinski definition) is 1. The average Bonchev–Trinajstić information content (AvgIpc) is 3.11. The SMILES string of the molecule is Cn1c(C(=O)Nc2ccc(OC(F)(F)F)cc2)cc2c(C#Cc3ccccc3)ncnc21. The van der Waals surface area contributed by atoms with E-state index < -0.39 is 12.3 Å². The molecule has 0 saturated heterocycles. The summed E-state index contributed by atoms with van der Waals surface area (Å²) in [5.41, 5.74) is 2.42. The quantitative estimate of drug-likeness (QED) is 0.480. The minimum absolute atomic E-state index is 0.291. The molecule has 32 heavy (non-hydrogen) atoms. The maximum absolute atomic E-state index is 12.8. The lowest BCUT2D eigenvalue weighted by Crippen LogP contribution is -2.17. The number of amides is 1. The monoisotopic (exact) mass is 436 g/mol. The van der Waals surface area contributed by atoms with Gasteiger partial charge in [-0.05, 0) is 48.4 Å². The largest absolute Gasteiger partial charge is 0.573 e. The van der Waals surface area contributed by atoms with Gasteiger partial charge in [0.25, 0.3) is 5.91 Å². The number of rotatable bonds is 3. The van der Waals surface area contributed by atoms with E-state index in [4.69, 9.17) is 0 Å². The molecule has 0 fully saturated rings. The maximum Gasteiger partial charge on any atom is 0.573 e. The van der Waals surface area contributed by atoms with Gasteiger partial charge in [0.15, 0.2) is 0 Å². The van der Waals surface area contributed by atoms with Crippen LogP contribution < -0.4 is 10.1 Å². The van der Waals surface area contributed by atoms with E-state index in [1.807, 2.05) is 30.3 Å². The Morgan fingerprint density at radius 2 is 1.75 bits per heavy atom. The highest BCUT2D eigenvalue weighted by Gasteiger charge is 2.31. The molecule has 2 heterocycles. The smallest absolute Gasteiger partial charge is 0.406 e. The third-order valence-corrected chi connectivity index (χ3v) is 4.50. The van der Waals surface area contributed by atoms with Crippen molar-refractivity contribution in [3.63, 3.8) is 0 Å². The first-order chi connectivity index (χ1) is 15.3. The van der Waals surface area contributed by atoms with Crippen molar-refractivity contribution in [3.05, 3.63) is 83.9 Å². The van der Waals surface area contributed by atoms with Gasteiger partial charge in [0, 0.05) is 18.3 Å². The molecule has 2 aromatic carbocycles. The number of aryl methyl sites for hydroxylation is 1. The van der Waals surface area contributed by atoms with Crippen molar-refractivity contribution in [2.75, 3.05) is 5.32 Å². The van der Waals surface area contributed by atoms with Crippen LogP contribution in [0.5, 0.6) is 5.75 Å². The standard InChI is InChI=1S/C23H15F3N4O2/c1-30-20(22(31)29-16-8-10-17(11-9-16)32-23(24,25)26)13-18-19(27-14-28-21(18)30)12-7-15-5-3-2-4-6-15/h2-6,8-11,13-14H,1H3,(H,29,31). The highest BCUT2D eigenvalue weighted by Crippen LogP contribution is 2.25. The van der Waals surface area contributed by atoms with Crippen LogP contribution in [0.25, 0.3) is 11.0 Å². The Morgan fingerprint density at radius 1 is 1.03 bits per heavy atom. The Kier molecular flexibility index (Phi) is 5.52. The van der Waals surface area contributed by atoms with Gasteiger partial charge < -0.3 is 14.6 Å². The second-order valence-electron chi connectivity index (χ2n) is 6.69. The number of hydrogen-bond acceptors (Lipinski definition) is 4. The normalized spacial score (nSPS) is 11.0. The van der Waals surface area contributed by atoms with Crippen LogP contribution in [0.4, 0.5) is 18.9 Å². The Labute approximate surface area is 180 Å². The van der Waals surface area contributed by atoms with E-state index in [1.165, 1.54) is 18.5 Å². The van der Waals surface area contributed by atoms with E-state index >= 15 is 0 Å². The second-order valence-corrected chi connectivity index (χ2v) is 6.69. The third-order valence-electron chi connectivity index (χ3n) is 4.50. The first kappa shape index (κ1) is 20.9. The number of anilines is 1. The van der Waals surface area contributed by atoms with Crippen LogP contribution in [0.1, 0.15) is 21.7 Å². The zero-order valence-electron chi connectivity index (χ0n) is 16.6. The van der Waals surface area contributed by atoms with Gasteiger partial charge in [-0.15, -0.1) is 13.2 Å². The lowest BCUT2D eigenvalue weighted by molar-refractivity contribution is -0.274. The topological polar surface area (TPSA) is 69.0 Å². The van der Waals surface area contributed by atoms with E-state index in [1.54, 1.807) is 17.7 Å². The minimum atomic E-state index is -4.78. The van der Waals surface area contributed by atoms with Gasteiger partial charge in [-0.1, -0.05) is 24.1 Å². The zero-order valence-corrected chi connectivity index (χ0v) is 16.6. The summed E-state index contributed by atoms with van der Waals surface area (Å²) in [6.07, 6.45) is -3.41. The van der Waals surface area contributed by atoms with Crippen molar-refractivity contribution < 1.29 is 22.7 Å². The zero-order chi connectivity index (χ0) is 22.7. The molecule has 0 saturated carbocycles. The van der Waals surface area contributed by atoms with Gasteiger partial charge in [0.1, 0.15) is 29.1 Å². The first-order valence-electron chi connectivity index (χ1n) is 9.35. The molecule has 1 N–H and O–H groups in total. The Hall–Kier alpha value is -4.32. The molecule has 160 valence electrons. The molecule has 0 atom stereocenters. The number of alkyl halides is 3. The Morgan fingerprint density at radius 3 is 2.44 bits per heavy atom. The number of carbonyl (C=O) groups is 1. The number of nitrogens with one attached hydrogen (secondary N) is 1. The minimum Gasteiger partial charge on any atom is -0.406 e. The summed E-state index contributed by atoms with van der Waals surface area (Å²) in [6.45, 7) is 0. The molecule has 4 rings (SSSR count). The number of carbonyl (C=O) groups excluding carboxylic acids is 1. The maximum atomic E-state index is 12.8. The number of aromatic nitrogens is 3. The number of ether oxygens (including phenoxy) is 1. The van der Waals surface area contributed by atoms with E-state index in [0.29, 0.717) is 28.1 Å². The van der Waals surface area contributed by atoms with Crippen molar-refractivity contribution >= 4 is 22.6 Å². The summed E-state index contributed by atoms with van der Waals surface area (Å²) in [5, 5.41) is 3.26.